The fourth-order valence-corrected chi connectivity index (χ4v) is 6.46. The third-order valence-corrected chi connectivity index (χ3v) is 9.90. The van der Waals surface area contributed by atoms with Crippen LogP contribution in [0.2, 0.25) is 0 Å². The van der Waals surface area contributed by atoms with Gasteiger partial charge < -0.3 is 14.6 Å². The van der Waals surface area contributed by atoms with Crippen LogP contribution in [0.15, 0.2) is 48.6 Å². The minimum atomic E-state index is -0.0424. The Bertz CT molecular complexity index is 795. The first-order valence-electron chi connectivity index (χ1n) is 21.6. The second-order valence-electron chi connectivity index (χ2n) is 14.8. The van der Waals surface area contributed by atoms with Gasteiger partial charge in [-0.05, 0) is 97.1 Å². The minimum Gasteiger partial charge on any atom is -0.368 e. The number of piperazine rings is 1. The first kappa shape index (κ1) is 46.3. The average molecular weight is 698 g/mol. The number of nitrogens with zero attached hydrogens (tertiary/aromatic N) is 3. The van der Waals surface area contributed by atoms with Crippen LogP contribution in [0, 0.1) is 0 Å². The van der Waals surface area contributed by atoms with Gasteiger partial charge in [0.1, 0.15) is 0 Å². The first-order chi connectivity index (χ1) is 24.7. The summed E-state index contributed by atoms with van der Waals surface area (Å²) in [5.74, 6) is -0.0424. The van der Waals surface area contributed by atoms with Gasteiger partial charge in [0.15, 0.2) is 0 Å². The molecule has 0 unspecified atom stereocenters. The van der Waals surface area contributed by atoms with E-state index in [1.807, 2.05) is 5.06 Å². The van der Waals surface area contributed by atoms with E-state index < -0.39 is 0 Å². The van der Waals surface area contributed by atoms with Crippen molar-refractivity contribution in [2.75, 3.05) is 52.9 Å². The molecule has 50 heavy (non-hydrogen) atoms. The Balaban J connectivity index is 2.20. The molecule has 0 aromatic rings. The predicted octanol–water partition coefficient (Wildman–Crippen LogP) is 12.4. The molecular weight excluding hydrogens is 615 g/mol. The average Bonchev–Trinajstić information content (AvgIpc) is 3.12. The molecule has 1 aliphatic heterocycles. The molecule has 0 amide bonds. The minimum absolute atomic E-state index is 0.0424. The summed E-state index contributed by atoms with van der Waals surface area (Å²) in [5.41, 5.74) is 0. The van der Waals surface area contributed by atoms with Crippen LogP contribution in [0.3, 0.4) is 0 Å². The maximum atomic E-state index is 12.8. The van der Waals surface area contributed by atoms with Crippen LogP contribution in [0.5, 0.6) is 0 Å². The molecule has 1 fully saturated rings. The van der Waals surface area contributed by atoms with Crippen molar-refractivity contribution in [2.45, 2.75) is 181 Å². The van der Waals surface area contributed by atoms with Crippen LogP contribution in [-0.4, -0.2) is 73.7 Å². The van der Waals surface area contributed by atoms with E-state index in [1.54, 1.807) is 0 Å². The van der Waals surface area contributed by atoms with E-state index in [-0.39, 0.29) is 5.97 Å². The van der Waals surface area contributed by atoms with Gasteiger partial charge in [0.2, 0.25) is 0 Å². The summed E-state index contributed by atoms with van der Waals surface area (Å²) in [6.07, 6.45) is 50.2. The number of allylic oxidation sites excluding steroid dienone is 8. The van der Waals surface area contributed by atoms with Crippen LogP contribution in [-0.2, 0) is 9.63 Å². The molecule has 1 saturated heterocycles. The summed E-state index contributed by atoms with van der Waals surface area (Å²) in [4.78, 5) is 23.6. The van der Waals surface area contributed by atoms with Crippen molar-refractivity contribution in [1.29, 1.82) is 0 Å². The van der Waals surface area contributed by atoms with E-state index >= 15 is 0 Å². The van der Waals surface area contributed by atoms with Crippen molar-refractivity contribution in [3.8, 4) is 0 Å². The lowest BCUT2D eigenvalue weighted by Gasteiger charge is -2.32. The summed E-state index contributed by atoms with van der Waals surface area (Å²) in [6.45, 7) is 11.7. The Morgan fingerprint density at radius 1 is 0.520 bits per heavy atom. The predicted molar refractivity (Wildman–Crippen MR) is 220 cm³/mol. The molecule has 0 spiro atoms. The number of likely N-dealkylation sites (N-methyl/N-ethyl adjacent to an activating group) is 1. The van der Waals surface area contributed by atoms with Gasteiger partial charge in [-0.2, -0.15) is 0 Å². The van der Waals surface area contributed by atoms with Crippen molar-refractivity contribution in [2.24, 2.45) is 0 Å². The van der Waals surface area contributed by atoms with Gasteiger partial charge in [0.05, 0.1) is 0 Å². The van der Waals surface area contributed by atoms with Gasteiger partial charge in [-0.15, -0.1) is 5.06 Å². The lowest BCUT2D eigenvalue weighted by molar-refractivity contribution is -0.191. The van der Waals surface area contributed by atoms with Crippen LogP contribution in [0.4, 0.5) is 0 Å². The highest BCUT2D eigenvalue weighted by molar-refractivity contribution is 5.68. The van der Waals surface area contributed by atoms with Gasteiger partial charge in [-0.1, -0.05) is 140 Å². The molecule has 0 saturated carbocycles. The smallest absolute Gasteiger partial charge is 0.325 e. The van der Waals surface area contributed by atoms with Crippen molar-refractivity contribution < 1.29 is 9.63 Å². The van der Waals surface area contributed by atoms with Crippen LogP contribution >= 0.6 is 0 Å². The molecule has 0 aromatic carbocycles. The maximum absolute atomic E-state index is 12.8. The maximum Gasteiger partial charge on any atom is 0.325 e. The highest BCUT2D eigenvalue weighted by Gasteiger charge is 2.15. The van der Waals surface area contributed by atoms with Gasteiger partial charge in [0, 0.05) is 45.7 Å². The number of carbonyl (C=O) groups excluding carboxylic acids is 1. The van der Waals surface area contributed by atoms with Crippen molar-refractivity contribution in [1.82, 2.24) is 14.9 Å². The molecule has 1 aliphatic rings. The molecular formula is C45H83N3O2. The summed E-state index contributed by atoms with van der Waals surface area (Å²) >= 11 is 0. The molecule has 0 radical (unpaired) electrons. The Morgan fingerprint density at radius 3 is 1.36 bits per heavy atom. The molecule has 5 nitrogen and oxygen atoms in total. The van der Waals surface area contributed by atoms with Crippen LogP contribution < -0.4 is 0 Å². The zero-order valence-electron chi connectivity index (χ0n) is 33.6. The lowest BCUT2D eigenvalue weighted by Crippen LogP contribution is -2.44. The molecule has 5 heteroatoms. The highest BCUT2D eigenvalue weighted by atomic mass is 16.7. The molecule has 0 aliphatic carbocycles. The van der Waals surface area contributed by atoms with Crippen molar-refractivity contribution in [3.63, 3.8) is 0 Å². The number of hydroxylamine groups is 2. The number of rotatable bonds is 35. The van der Waals surface area contributed by atoms with Crippen LogP contribution in [0.1, 0.15) is 181 Å². The standard InChI is InChI=1S/C45H83N3O2/c1-4-6-8-10-12-14-16-18-20-22-24-26-28-30-32-34-39-48(50-45(49)37-36-38-47-43-41-46(3)42-44-47)40-35-33-31-29-27-25-23-21-19-17-15-13-11-9-7-5-2/h12-15,18-21H,4-11,16-17,22-44H2,1-3H3/b14-12-,15-13-,20-18-,21-19-. The van der Waals surface area contributed by atoms with Crippen LogP contribution in [0.25, 0.3) is 0 Å². The topological polar surface area (TPSA) is 36.0 Å². The monoisotopic (exact) mass is 698 g/mol. The summed E-state index contributed by atoms with van der Waals surface area (Å²) in [6, 6.07) is 0. The number of hydrogen-bond donors (Lipinski definition) is 0. The largest absolute Gasteiger partial charge is 0.368 e. The number of unbranched alkanes of at least 4 members (excludes halogenated alkanes) is 18. The normalized spacial score (nSPS) is 14.9. The molecule has 0 aromatic heterocycles. The van der Waals surface area contributed by atoms with Gasteiger partial charge >= 0.3 is 5.97 Å². The van der Waals surface area contributed by atoms with Gasteiger partial charge in [-0.3, -0.25) is 4.79 Å². The molecule has 0 bridgehead atoms. The van der Waals surface area contributed by atoms with E-state index in [0.29, 0.717) is 6.42 Å². The first-order valence-corrected chi connectivity index (χ1v) is 21.6. The Hall–Kier alpha value is -1.69. The molecule has 290 valence electrons. The zero-order chi connectivity index (χ0) is 36.0. The number of carbonyl (C=O) groups is 1. The molecule has 0 N–H and O–H groups in total. The molecule has 1 rings (SSSR count). The Morgan fingerprint density at radius 2 is 0.920 bits per heavy atom. The fraction of sp³-hybridized carbons (Fsp3) is 0.800. The second-order valence-corrected chi connectivity index (χ2v) is 14.8. The number of hydrogen-bond acceptors (Lipinski definition) is 5. The van der Waals surface area contributed by atoms with Crippen molar-refractivity contribution >= 4 is 5.97 Å². The summed E-state index contributed by atoms with van der Waals surface area (Å²) in [5, 5.41) is 2.00. The third-order valence-electron chi connectivity index (χ3n) is 9.90. The SMILES string of the molecule is CCCCC/C=C\C/C=C\CCCCCCCCN(CCCCCCCC/C=C\C/C=C\CCCCC)OC(=O)CCCN1CCN(C)CC1. The van der Waals surface area contributed by atoms with E-state index in [4.69, 9.17) is 4.84 Å². The second kappa shape index (κ2) is 37.1. The molecule has 1 heterocycles. The zero-order valence-corrected chi connectivity index (χ0v) is 33.6. The fourth-order valence-electron chi connectivity index (χ4n) is 6.46. The van der Waals surface area contributed by atoms with Gasteiger partial charge in [0.25, 0.3) is 0 Å². The quantitative estimate of drug-likeness (QED) is 0.0374. The molecule has 0 atom stereocenters. The van der Waals surface area contributed by atoms with E-state index in [9.17, 15) is 4.79 Å². The summed E-state index contributed by atoms with van der Waals surface area (Å²) in [7, 11) is 2.19. The van der Waals surface area contributed by atoms with Gasteiger partial charge in [-0.25, -0.2) is 0 Å². The highest BCUT2D eigenvalue weighted by Crippen LogP contribution is 2.13. The van der Waals surface area contributed by atoms with Crippen molar-refractivity contribution in [3.05, 3.63) is 48.6 Å². The summed E-state index contributed by atoms with van der Waals surface area (Å²) < 4.78 is 0. The van der Waals surface area contributed by atoms with E-state index in [1.165, 1.54) is 128 Å². The lowest BCUT2D eigenvalue weighted by atomic mass is 10.1. The third kappa shape index (κ3) is 32.2. The Labute approximate surface area is 312 Å². The van der Waals surface area contributed by atoms with E-state index in [2.05, 4.69) is 79.3 Å². The van der Waals surface area contributed by atoms with E-state index in [0.717, 1.165) is 77.9 Å². The Kier molecular flexibility index (Phi) is 34.4.